The summed E-state index contributed by atoms with van der Waals surface area (Å²) in [6.07, 6.45) is 2.03. The fourth-order valence-corrected chi connectivity index (χ4v) is 4.98. The summed E-state index contributed by atoms with van der Waals surface area (Å²) < 4.78 is 39.6. The van der Waals surface area contributed by atoms with Gasteiger partial charge in [0.05, 0.1) is 17.5 Å². The van der Waals surface area contributed by atoms with E-state index in [1.54, 1.807) is 38.4 Å². The van der Waals surface area contributed by atoms with Gasteiger partial charge in [0.15, 0.2) is 9.84 Å². The molecule has 0 saturated carbocycles. The first-order valence-corrected chi connectivity index (χ1v) is 12.5. The van der Waals surface area contributed by atoms with Gasteiger partial charge in [-0.05, 0) is 53.4 Å². The summed E-state index contributed by atoms with van der Waals surface area (Å²) in [5.41, 5.74) is 4.63. The summed E-state index contributed by atoms with van der Waals surface area (Å²) in [5.74, 6) is -0.427. The van der Waals surface area contributed by atoms with Crippen LogP contribution in [0, 0.1) is 5.82 Å². The molecule has 2 aromatic carbocycles. The van der Waals surface area contributed by atoms with Gasteiger partial charge in [0.2, 0.25) is 0 Å². The molecule has 0 spiro atoms. The Morgan fingerprint density at radius 3 is 2.45 bits per heavy atom. The maximum absolute atomic E-state index is 13.6. The Hall–Kier alpha value is -3.10. The largest absolute Gasteiger partial charge is 0.396 e. The second-order valence-corrected chi connectivity index (χ2v) is 10.5. The van der Waals surface area contributed by atoms with Crippen LogP contribution in [-0.4, -0.2) is 36.2 Å². The predicted molar refractivity (Wildman–Crippen MR) is 127 cm³/mol. The number of nitrogens with zero attached hydrogens (tertiary/aromatic N) is 2. The summed E-state index contributed by atoms with van der Waals surface area (Å²) in [7, 11) is -1.60. The van der Waals surface area contributed by atoms with Crippen molar-refractivity contribution in [3.05, 3.63) is 93.2 Å². The van der Waals surface area contributed by atoms with Gasteiger partial charge in [-0.15, -0.1) is 0 Å². The van der Waals surface area contributed by atoms with E-state index in [9.17, 15) is 22.7 Å². The molecule has 0 fully saturated rings. The highest BCUT2D eigenvalue weighted by atomic mass is 32.2. The number of sulfone groups is 1. The molecule has 0 unspecified atom stereocenters. The molecule has 8 heteroatoms. The van der Waals surface area contributed by atoms with Crippen molar-refractivity contribution in [2.75, 3.05) is 12.4 Å². The molecular formula is C25H25FN2O4S. The van der Waals surface area contributed by atoms with E-state index in [1.165, 1.54) is 22.8 Å². The normalized spacial score (nSPS) is 15.4. The van der Waals surface area contributed by atoms with Crippen molar-refractivity contribution in [1.29, 1.82) is 0 Å². The van der Waals surface area contributed by atoms with Gasteiger partial charge in [0.1, 0.15) is 5.82 Å². The van der Waals surface area contributed by atoms with Crippen LogP contribution in [0.5, 0.6) is 0 Å². The number of hydrogen-bond donors (Lipinski definition) is 1. The number of aliphatic hydroxyl groups excluding tert-OH is 1. The number of aliphatic imine (C=N–C) groups is 1. The fraction of sp³-hybridized carbons (Fsp3) is 0.280. The minimum Gasteiger partial charge on any atom is -0.396 e. The Kier molecular flexibility index (Phi) is 6.32. The first-order valence-electron chi connectivity index (χ1n) is 10.7. The van der Waals surface area contributed by atoms with Crippen molar-refractivity contribution < 1.29 is 17.9 Å². The van der Waals surface area contributed by atoms with Crippen LogP contribution in [0.2, 0.25) is 0 Å². The van der Waals surface area contributed by atoms with E-state index in [1.807, 2.05) is 12.1 Å². The summed E-state index contributed by atoms with van der Waals surface area (Å²) in [5, 5.41) is 9.70. The Morgan fingerprint density at radius 1 is 1.06 bits per heavy atom. The molecule has 1 atom stereocenters. The molecule has 2 heterocycles. The number of pyridine rings is 1. The predicted octanol–water partition coefficient (Wildman–Crippen LogP) is 3.40. The fourth-order valence-electron chi connectivity index (χ4n) is 4.09. The molecule has 172 valence electrons. The van der Waals surface area contributed by atoms with Crippen molar-refractivity contribution in [3.63, 3.8) is 0 Å². The van der Waals surface area contributed by atoms with Crippen LogP contribution < -0.4 is 5.56 Å². The summed E-state index contributed by atoms with van der Waals surface area (Å²) in [4.78, 5) is 17.4. The minimum atomic E-state index is -3.25. The van der Waals surface area contributed by atoms with Crippen LogP contribution >= 0.6 is 0 Å². The molecule has 3 aromatic rings. The van der Waals surface area contributed by atoms with Crippen LogP contribution in [0.15, 0.2) is 64.5 Å². The van der Waals surface area contributed by atoms with Crippen LogP contribution in [-0.2, 0) is 22.6 Å². The van der Waals surface area contributed by atoms with E-state index in [4.69, 9.17) is 4.99 Å². The quantitative estimate of drug-likeness (QED) is 0.601. The number of aryl methyl sites for hydroxylation is 1. The lowest BCUT2D eigenvalue weighted by atomic mass is 9.90. The molecular weight excluding hydrogens is 443 g/mol. The number of aliphatic hydroxyl groups is 1. The summed E-state index contributed by atoms with van der Waals surface area (Å²) in [6, 6.07) is 12.4. The van der Waals surface area contributed by atoms with Gasteiger partial charge < -0.3 is 9.67 Å². The number of hydrogen-bond acceptors (Lipinski definition) is 5. The van der Waals surface area contributed by atoms with Gasteiger partial charge >= 0.3 is 0 Å². The van der Waals surface area contributed by atoms with Gasteiger partial charge in [-0.2, -0.15) is 0 Å². The zero-order valence-corrected chi connectivity index (χ0v) is 19.3. The average molecular weight is 469 g/mol. The number of benzene rings is 2. The molecule has 1 aliphatic heterocycles. The highest BCUT2D eigenvalue weighted by Crippen LogP contribution is 2.38. The summed E-state index contributed by atoms with van der Waals surface area (Å²) >= 11 is 0. The third-order valence-corrected chi connectivity index (χ3v) is 7.53. The lowest BCUT2D eigenvalue weighted by Gasteiger charge is -2.16. The Bertz CT molecular complexity index is 1390. The van der Waals surface area contributed by atoms with Crippen LogP contribution in [0.1, 0.15) is 41.6 Å². The number of rotatable bonds is 6. The first-order chi connectivity index (χ1) is 15.7. The maximum atomic E-state index is 13.6. The van der Waals surface area contributed by atoms with Gasteiger partial charge in [-0.1, -0.05) is 19.1 Å². The molecule has 1 aliphatic rings. The zero-order valence-electron chi connectivity index (χ0n) is 18.5. The molecule has 33 heavy (non-hydrogen) atoms. The molecule has 6 nitrogen and oxygen atoms in total. The smallest absolute Gasteiger partial charge is 0.250 e. The Morgan fingerprint density at radius 2 is 1.79 bits per heavy atom. The van der Waals surface area contributed by atoms with E-state index in [0.29, 0.717) is 28.8 Å². The lowest BCUT2D eigenvalue weighted by Crippen LogP contribution is -2.18. The van der Waals surface area contributed by atoms with Gasteiger partial charge in [-0.3, -0.25) is 9.79 Å². The van der Waals surface area contributed by atoms with Crippen molar-refractivity contribution in [2.24, 2.45) is 12.0 Å². The van der Waals surface area contributed by atoms with Crippen LogP contribution in [0.25, 0.3) is 11.1 Å². The molecule has 4 rings (SSSR count). The van der Waals surface area contributed by atoms with Crippen molar-refractivity contribution in [1.82, 2.24) is 4.57 Å². The number of fused-ring (bicyclic) bond motifs is 3. The van der Waals surface area contributed by atoms with Crippen LogP contribution in [0.3, 0.4) is 0 Å². The van der Waals surface area contributed by atoms with Crippen molar-refractivity contribution in [2.45, 2.75) is 25.1 Å². The number of aromatic nitrogens is 1. The Labute approximate surface area is 192 Å². The van der Waals surface area contributed by atoms with E-state index in [0.717, 1.165) is 16.7 Å². The molecule has 1 N–H and O–H groups in total. The SMILES string of the molecule is CCS(=O)(=O)Cc1ccc2c(c1)-c1cn(C)c(=O)cc1[C@H](CCO)N=C2c1ccc(F)cc1. The van der Waals surface area contributed by atoms with Gasteiger partial charge in [0, 0.05) is 48.4 Å². The molecule has 0 radical (unpaired) electrons. The topological polar surface area (TPSA) is 88.7 Å². The van der Waals surface area contributed by atoms with Crippen LogP contribution in [0.4, 0.5) is 4.39 Å². The third-order valence-electron chi connectivity index (χ3n) is 5.88. The molecule has 1 aromatic heterocycles. The zero-order chi connectivity index (χ0) is 23.8. The maximum Gasteiger partial charge on any atom is 0.250 e. The molecule has 0 bridgehead atoms. The van der Waals surface area contributed by atoms with E-state index in [-0.39, 0.29) is 29.5 Å². The van der Waals surface area contributed by atoms with Gasteiger partial charge in [-0.25, -0.2) is 12.8 Å². The monoisotopic (exact) mass is 468 g/mol. The second-order valence-electron chi connectivity index (χ2n) is 8.16. The van der Waals surface area contributed by atoms with E-state index >= 15 is 0 Å². The molecule has 0 aliphatic carbocycles. The van der Waals surface area contributed by atoms with E-state index < -0.39 is 15.9 Å². The van der Waals surface area contributed by atoms with E-state index in [2.05, 4.69) is 0 Å². The lowest BCUT2D eigenvalue weighted by molar-refractivity contribution is 0.277. The minimum absolute atomic E-state index is 0.0377. The number of halogens is 1. The van der Waals surface area contributed by atoms with Crippen molar-refractivity contribution >= 4 is 15.5 Å². The first kappa shape index (κ1) is 23.1. The molecule has 0 saturated heterocycles. The highest BCUT2D eigenvalue weighted by molar-refractivity contribution is 7.90. The van der Waals surface area contributed by atoms with Crippen molar-refractivity contribution in [3.8, 4) is 11.1 Å². The van der Waals surface area contributed by atoms with Gasteiger partial charge in [0.25, 0.3) is 5.56 Å². The second kappa shape index (κ2) is 9.03. The standard InChI is InChI=1S/C25H25FN2O4S/c1-3-33(31,32)15-16-4-9-19-20(12-16)22-14-28(2)24(30)13-21(22)23(10-11-29)27-25(19)17-5-7-18(26)8-6-17/h4-9,12-14,23,29H,3,10-11,15H2,1-2H3/t23-/m0/s1. The highest BCUT2D eigenvalue weighted by Gasteiger charge is 2.26. The average Bonchev–Trinajstić information content (AvgIpc) is 2.90. The Balaban J connectivity index is 2.02. The third kappa shape index (κ3) is 4.67. The molecule has 0 amide bonds. The summed E-state index contributed by atoms with van der Waals surface area (Å²) in [6.45, 7) is 1.48.